The second-order valence-corrected chi connectivity index (χ2v) is 11.4. The monoisotopic (exact) mass is 495 g/mol. The molecule has 0 bridgehead atoms. The Morgan fingerprint density at radius 2 is 0.788 bits per heavy atom. The largest absolute Gasteiger partial charge is 0.323 e. The van der Waals surface area contributed by atoms with Crippen molar-refractivity contribution < 1.29 is 17.4 Å². The summed E-state index contributed by atoms with van der Waals surface area (Å²) < 4.78 is 47.4. The zero-order valence-corrected chi connectivity index (χ0v) is 23.4. The van der Waals surface area contributed by atoms with Gasteiger partial charge in [-0.2, -0.15) is 8.42 Å². The first-order valence-electron chi connectivity index (χ1n) is 14.0. The van der Waals surface area contributed by atoms with Gasteiger partial charge >= 0.3 is 0 Å². The van der Waals surface area contributed by atoms with E-state index in [1.54, 1.807) is 0 Å². The third-order valence-corrected chi connectivity index (χ3v) is 7.60. The Morgan fingerprint density at radius 1 is 0.576 bits per heavy atom. The minimum absolute atomic E-state index is 0.0706. The summed E-state index contributed by atoms with van der Waals surface area (Å²) in [7, 11) is -0.896. The van der Waals surface area contributed by atoms with Crippen LogP contribution in [0.4, 0.5) is 4.39 Å². The summed E-state index contributed by atoms with van der Waals surface area (Å²) >= 11 is 0. The Hall–Kier alpha value is -0.200. The van der Waals surface area contributed by atoms with Gasteiger partial charge in [-0.05, 0) is 39.8 Å². The van der Waals surface area contributed by atoms with Gasteiger partial charge in [-0.1, -0.05) is 129 Å². The molecule has 4 nitrogen and oxygen atoms in total. The summed E-state index contributed by atoms with van der Waals surface area (Å²) in [5.74, 6) is 0. The Kier molecular flexibility index (Phi) is 26.4. The van der Waals surface area contributed by atoms with Crippen molar-refractivity contribution in [3.63, 3.8) is 0 Å². The van der Waals surface area contributed by atoms with Crippen LogP contribution in [0.1, 0.15) is 155 Å². The van der Waals surface area contributed by atoms with Gasteiger partial charge in [0.15, 0.2) is 0 Å². The molecule has 33 heavy (non-hydrogen) atoms. The van der Waals surface area contributed by atoms with Gasteiger partial charge < -0.3 is 5.32 Å². The molecule has 1 atom stereocenters. The molecule has 0 aliphatic carbocycles. The summed E-state index contributed by atoms with van der Waals surface area (Å²) in [5, 5.41) is 0.300. The fourth-order valence-corrected chi connectivity index (χ4v) is 4.94. The highest BCUT2D eigenvalue weighted by Gasteiger charge is 2.42. The number of rotatable bonds is 23. The minimum atomic E-state index is -4.65. The summed E-state index contributed by atoms with van der Waals surface area (Å²) in [6, 6.07) is 0. The van der Waals surface area contributed by atoms with E-state index in [0.29, 0.717) is 12.8 Å². The predicted octanol–water partition coefficient (Wildman–Crippen LogP) is 9.00. The van der Waals surface area contributed by atoms with Crippen LogP contribution in [-0.2, 0) is 10.1 Å². The molecule has 0 saturated heterocycles. The standard InChI is InChI=1S/C25H51FO3S.C2H7N/c1-3-5-7-9-11-12-13-14-15-16-17-18-20-22-24-25(26,30(27,28)29)23-21-19-10-8-6-4-2;1-3-2/h3-24H2,1-2H3,(H,27,28,29);3H,1-2H3. The Balaban J connectivity index is 0. The van der Waals surface area contributed by atoms with Gasteiger partial charge in [0.1, 0.15) is 0 Å². The fourth-order valence-electron chi connectivity index (χ4n) is 4.14. The highest BCUT2D eigenvalue weighted by Crippen LogP contribution is 2.32. The minimum Gasteiger partial charge on any atom is -0.323 e. The summed E-state index contributed by atoms with van der Waals surface area (Å²) in [6.07, 6.45) is 22.5. The van der Waals surface area contributed by atoms with E-state index in [-0.39, 0.29) is 12.8 Å². The van der Waals surface area contributed by atoms with Crippen LogP contribution in [0.15, 0.2) is 0 Å². The first-order chi connectivity index (χ1) is 15.8. The maximum absolute atomic E-state index is 14.9. The molecule has 0 heterocycles. The Bertz CT molecular complexity index is 488. The zero-order valence-electron chi connectivity index (χ0n) is 22.6. The Morgan fingerprint density at radius 3 is 1.00 bits per heavy atom. The normalized spacial score (nSPS) is 13.4. The molecular formula is C27H58FNO3S. The quantitative estimate of drug-likeness (QED) is 0.110. The van der Waals surface area contributed by atoms with E-state index in [1.165, 1.54) is 64.2 Å². The number of halogens is 1. The van der Waals surface area contributed by atoms with Crippen molar-refractivity contribution in [1.29, 1.82) is 0 Å². The molecule has 0 aliphatic heterocycles. The molecular weight excluding hydrogens is 437 g/mol. The first-order valence-corrected chi connectivity index (χ1v) is 15.5. The van der Waals surface area contributed by atoms with Crippen molar-refractivity contribution in [3.8, 4) is 0 Å². The fraction of sp³-hybridized carbons (Fsp3) is 1.00. The van der Waals surface area contributed by atoms with Gasteiger partial charge in [0, 0.05) is 0 Å². The van der Waals surface area contributed by atoms with Crippen LogP contribution < -0.4 is 5.32 Å². The van der Waals surface area contributed by atoms with E-state index in [1.807, 2.05) is 14.1 Å². The van der Waals surface area contributed by atoms with E-state index in [4.69, 9.17) is 0 Å². The predicted molar refractivity (Wildman–Crippen MR) is 143 cm³/mol. The van der Waals surface area contributed by atoms with E-state index in [2.05, 4.69) is 19.2 Å². The highest BCUT2D eigenvalue weighted by molar-refractivity contribution is 7.87. The zero-order chi connectivity index (χ0) is 25.3. The average Bonchev–Trinajstić information content (AvgIpc) is 2.76. The van der Waals surface area contributed by atoms with Crippen molar-refractivity contribution in [3.05, 3.63) is 0 Å². The highest BCUT2D eigenvalue weighted by atomic mass is 32.2. The summed E-state index contributed by atoms with van der Waals surface area (Å²) in [5.41, 5.74) is 0. The summed E-state index contributed by atoms with van der Waals surface area (Å²) in [4.78, 5) is 0. The number of hydrogen-bond donors (Lipinski definition) is 2. The van der Waals surface area contributed by atoms with Gasteiger partial charge in [-0.25, -0.2) is 4.39 Å². The third-order valence-electron chi connectivity index (χ3n) is 6.27. The maximum Gasteiger partial charge on any atom is 0.300 e. The molecule has 0 aliphatic rings. The second kappa shape index (κ2) is 24.9. The van der Waals surface area contributed by atoms with Crippen LogP contribution in [0.2, 0.25) is 0 Å². The third kappa shape index (κ3) is 23.3. The Labute approximate surface area is 207 Å². The van der Waals surface area contributed by atoms with Crippen molar-refractivity contribution in [2.24, 2.45) is 0 Å². The van der Waals surface area contributed by atoms with Crippen LogP contribution >= 0.6 is 0 Å². The van der Waals surface area contributed by atoms with Crippen LogP contribution in [-0.4, -0.2) is 32.1 Å². The second-order valence-electron chi connectivity index (χ2n) is 9.72. The molecule has 6 heteroatoms. The van der Waals surface area contributed by atoms with Crippen LogP contribution in [0, 0.1) is 0 Å². The van der Waals surface area contributed by atoms with Crippen molar-refractivity contribution >= 4 is 10.1 Å². The molecule has 1 unspecified atom stereocenters. The molecule has 2 N–H and O–H groups in total. The van der Waals surface area contributed by atoms with E-state index in [9.17, 15) is 17.4 Å². The van der Waals surface area contributed by atoms with Gasteiger partial charge in [0.2, 0.25) is 5.00 Å². The van der Waals surface area contributed by atoms with Gasteiger partial charge in [0.25, 0.3) is 10.1 Å². The molecule has 0 spiro atoms. The van der Waals surface area contributed by atoms with Crippen LogP contribution in [0.5, 0.6) is 0 Å². The molecule has 0 aromatic heterocycles. The topological polar surface area (TPSA) is 66.4 Å². The SMILES string of the molecule is CCCCCCCCCCCCCCCCC(F)(CCCCCCCC)S(=O)(=O)O.CNC. The molecule has 0 saturated carbocycles. The van der Waals surface area contributed by atoms with Crippen molar-refractivity contribution in [2.75, 3.05) is 14.1 Å². The lowest BCUT2D eigenvalue weighted by Gasteiger charge is -2.22. The maximum atomic E-state index is 14.9. The lowest BCUT2D eigenvalue weighted by atomic mass is 10.0. The number of hydrogen-bond acceptors (Lipinski definition) is 3. The molecule has 0 rings (SSSR count). The molecule has 0 aromatic rings. The van der Waals surface area contributed by atoms with Crippen molar-refractivity contribution in [1.82, 2.24) is 5.32 Å². The first kappa shape index (κ1) is 35.0. The number of unbranched alkanes of at least 4 members (excludes halogenated alkanes) is 18. The molecule has 0 fully saturated rings. The lowest BCUT2D eigenvalue weighted by molar-refractivity contribution is 0.203. The molecule has 0 radical (unpaired) electrons. The molecule has 0 amide bonds. The van der Waals surface area contributed by atoms with E-state index >= 15 is 0 Å². The van der Waals surface area contributed by atoms with Crippen LogP contribution in [0.25, 0.3) is 0 Å². The molecule has 0 aromatic carbocycles. The van der Waals surface area contributed by atoms with E-state index < -0.39 is 15.1 Å². The molecule has 202 valence electrons. The van der Waals surface area contributed by atoms with Crippen LogP contribution in [0.3, 0.4) is 0 Å². The van der Waals surface area contributed by atoms with E-state index in [0.717, 1.165) is 51.4 Å². The lowest BCUT2D eigenvalue weighted by Crippen LogP contribution is -2.33. The van der Waals surface area contributed by atoms with Gasteiger partial charge in [-0.3, -0.25) is 4.55 Å². The average molecular weight is 496 g/mol. The van der Waals surface area contributed by atoms with Gasteiger partial charge in [-0.15, -0.1) is 0 Å². The number of alkyl halides is 1. The smallest absolute Gasteiger partial charge is 0.300 e. The van der Waals surface area contributed by atoms with Gasteiger partial charge in [0.05, 0.1) is 0 Å². The number of nitrogens with one attached hydrogen (secondary N) is 1. The van der Waals surface area contributed by atoms with Crippen molar-refractivity contribution in [2.45, 2.75) is 160 Å². The summed E-state index contributed by atoms with van der Waals surface area (Å²) in [6.45, 7) is 4.39.